The van der Waals surface area contributed by atoms with Crippen molar-refractivity contribution in [3.63, 3.8) is 0 Å². The normalized spacial score (nSPS) is 10.6. The van der Waals surface area contributed by atoms with Gasteiger partial charge in [0.25, 0.3) is 6.43 Å². The Balaban J connectivity index is 3.31. The lowest BCUT2D eigenvalue weighted by molar-refractivity contribution is 0.112. The number of hydrogen-bond acceptors (Lipinski definition) is 3. The molecule has 1 aromatic heterocycles. The van der Waals surface area contributed by atoms with E-state index in [1.54, 1.807) is 0 Å². The highest BCUT2D eigenvalue weighted by atomic mass is 19.3. The van der Waals surface area contributed by atoms with Crippen LogP contribution in [0.25, 0.3) is 0 Å². The molecule has 14 heavy (non-hydrogen) atoms. The highest BCUT2D eigenvalue weighted by Crippen LogP contribution is 2.22. The number of carbonyl (C=O) groups is 1. The van der Waals surface area contributed by atoms with Crippen molar-refractivity contribution in [2.24, 2.45) is 5.73 Å². The topological polar surface area (TPSA) is 56.0 Å². The number of nitrogens with two attached hydrogens (primary N) is 1. The van der Waals surface area contributed by atoms with Gasteiger partial charge in [0, 0.05) is 17.8 Å². The summed E-state index contributed by atoms with van der Waals surface area (Å²) >= 11 is 0. The van der Waals surface area contributed by atoms with E-state index in [-0.39, 0.29) is 17.8 Å². The van der Waals surface area contributed by atoms with Crippen molar-refractivity contribution in [1.29, 1.82) is 0 Å². The van der Waals surface area contributed by atoms with Crippen molar-refractivity contribution >= 4 is 6.29 Å². The SMILES string of the molecule is Cc1nc(C(F)F)c(CN)cc1C=O. The van der Waals surface area contributed by atoms with Gasteiger partial charge in [-0.2, -0.15) is 0 Å². The number of aryl methyl sites for hydroxylation is 1. The maximum Gasteiger partial charge on any atom is 0.280 e. The first-order chi connectivity index (χ1) is 6.60. The summed E-state index contributed by atoms with van der Waals surface area (Å²) in [6, 6.07) is 1.36. The standard InChI is InChI=1S/C9H10F2N2O/c1-5-7(4-14)2-6(3-12)8(13-5)9(10)11/h2,4,9H,3,12H2,1H3. The molecule has 0 saturated heterocycles. The average Bonchev–Trinajstić information content (AvgIpc) is 2.17. The Labute approximate surface area is 79.9 Å². The van der Waals surface area contributed by atoms with E-state index in [1.165, 1.54) is 13.0 Å². The number of pyridine rings is 1. The zero-order valence-corrected chi connectivity index (χ0v) is 7.63. The van der Waals surface area contributed by atoms with Crippen LogP contribution in [0.2, 0.25) is 0 Å². The number of aldehydes is 1. The van der Waals surface area contributed by atoms with Crippen LogP contribution >= 0.6 is 0 Å². The van der Waals surface area contributed by atoms with Crippen LogP contribution < -0.4 is 5.73 Å². The van der Waals surface area contributed by atoms with Crippen LogP contribution in [0.15, 0.2) is 6.07 Å². The number of rotatable bonds is 3. The van der Waals surface area contributed by atoms with E-state index in [0.29, 0.717) is 17.5 Å². The second-order valence-corrected chi connectivity index (χ2v) is 2.83. The van der Waals surface area contributed by atoms with E-state index in [4.69, 9.17) is 5.73 Å². The monoisotopic (exact) mass is 200 g/mol. The van der Waals surface area contributed by atoms with Crippen molar-refractivity contribution in [3.05, 3.63) is 28.6 Å². The van der Waals surface area contributed by atoms with Crippen LogP contribution in [-0.4, -0.2) is 11.3 Å². The van der Waals surface area contributed by atoms with Gasteiger partial charge in [0.05, 0.1) is 0 Å². The van der Waals surface area contributed by atoms with Gasteiger partial charge in [-0.05, 0) is 18.6 Å². The number of halogens is 2. The molecule has 1 rings (SSSR count). The first-order valence-electron chi connectivity index (χ1n) is 4.04. The van der Waals surface area contributed by atoms with Gasteiger partial charge < -0.3 is 5.73 Å². The van der Waals surface area contributed by atoms with Crippen LogP contribution in [0.3, 0.4) is 0 Å². The minimum atomic E-state index is -2.66. The second-order valence-electron chi connectivity index (χ2n) is 2.83. The summed E-state index contributed by atoms with van der Waals surface area (Å²) in [6.07, 6.45) is -2.08. The number of nitrogens with zero attached hydrogens (tertiary/aromatic N) is 1. The lowest BCUT2D eigenvalue weighted by Crippen LogP contribution is -2.07. The Bertz CT molecular complexity index is 353. The van der Waals surface area contributed by atoms with Crippen molar-refractivity contribution in [3.8, 4) is 0 Å². The van der Waals surface area contributed by atoms with Gasteiger partial charge in [-0.3, -0.25) is 9.78 Å². The Morgan fingerprint density at radius 1 is 1.64 bits per heavy atom. The molecule has 0 bridgehead atoms. The minimum Gasteiger partial charge on any atom is -0.326 e. The highest BCUT2D eigenvalue weighted by Gasteiger charge is 2.15. The largest absolute Gasteiger partial charge is 0.326 e. The summed E-state index contributed by atoms with van der Waals surface area (Å²) < 4.78 is 24.8. The molecule has 0 unspecified atom stereocenters. The molecule has 0 aliphatic rings. The molecule has 0 amide bonds. The molecule has 0 spiro atoms. The first kappa shape index (κ1) is 10.7. The van der Waals surface area contributed by atoms with Gasteiger partial charge in [0.1, 0.15) is 5.69 Å². The molecule has 2 N–H and O–H groups in total. The Morgan fingerprint density at radius 3 is 2.71 bits per heavy atom. The third-order valence-electron chi connectivity index (χ3n) is 1.92. The minimum absolute atomic E-state index is 0.0478. The first-order valence-corrected chi connectivity index (χ1v) is 4.04. The molecule has 1 heterocycles. The number of hydrogen-bond donors (Lipinski definition) is 1. The lowest BCUT2D eigenvalue weighted by Gasteiger charge is -2.08. The molecular formula is C9H10F2N2O. The molecule has 0 aliphatic carbocycles. The molecule has 0 radical (unpaired) electrons. The van der Waals surface area contributed by atoms with Gasteiger partial charge in [-0.25, -0.2) is 8.78 Å². The molecule has 0 fully saturated rings. The second kappa shape index (κ2) is 4.23. The van der Waals surface area contributed by atoms with Crippen LogP contribution in [0.4, 0.5) is 8.78 Å². The molecule has 3 nitrogen and oxygen atoms in total. The molecule has 0 aliphatic heterocycles. The van der Waals surface area contributed by atoms with Gasteiger partial charge >= 0.3 is 0 Å². The maximum atomic E-state index is 12.4. The molecule has 1 aromatic rings. The van der Waals surface area contributed by atoms with Crippen LogP contribution in [0.1, 0.15) is 33.7 Å². The lowest BCUT2D eigenvalue weighted by atomic mass is 10.1. The molecular weight excluding hydrogens is 190 g/mol. The molecule has 76 valence electrons. The Hall–Kier alpha value is -1.36. The predicted molar refractivity (Wildman–Crippen MR) is 47.2 cm³/mol. The van der Waals surface area contributed by atoms with Crippen LogP contribution in [0, 0.1) is 6.92 Å². The molecule has 0 saturated carbocycles. The summed E-state index contributed by atoms with van der Waals surface area (Å²) in [6.45, 7) is 1.46. The summed E-state index contributed by atoms with van der Waals surface area (Å²) in [5, 5.41) is 0. The fourth-order valence-corrected chi connectivity index (χ4v) is 1.15. The number of carbonyl (C=O) groups excluding carboxylic acids is 1. The van der Waals surface area contributed by atoms with E-state index in [1.807, 2.05) is 0 Å². The number of alkyl halides is 2. The summed E-state index contributed by atoms with van der Waals surface area (Å²) in [5.74, 6) is 0. The summed E-state index contributed by atoms with van der Waals surface area (Å²) in [4.78, 5) is 14.2. The zero-order chi connectivity index (χ0) is 10.7. The van der Waals surface area contributed by atoms with Crippen LogP contribution in [-0.2, 0) is 6.54 Å². The Morgan fingerprint density at radius 2 is 2.29 bits per heavy atom. The van der Waals surface area contributed by atoms with Crippen molar-refractivity contribution < 1.29 is 13.6 Å². The van der Waals surface area contributed by atoms with Crippen molar-refractivity contribution in [2.45, 2.75) is 19.9 Å². The van der Waals surface area contributed by atoms with Gasteiger partial charge in [0.2, 0.25) is 0 Å². The fourth-order valence-electron chi connectivity index (χ4n) is 1.15. The molecule has 0 atom stereocenters. The smallest absolute Gasteiger partial charge is 0.280 e. The third-order valence-corrected chi connectivity index (χ3v) is 1.92. The third kappa shape index (κ3) is 1.93. The van der Waals surface area contributed by atoms with E-state index in [9.17, 15) is 13.6 Å². The van der Waals surface area contributed by atoms with Gasteiger partial charge in [-0.15, -0.1) is 0 Å². The summed E-state index contributed by atoms with van der Waals surface area (Å²) in [5.41, 5.74) is 5.75. The van der Waals surface area contributed by atoms with E-state index >= 15 is 0 Å². The van der Waals surface area contributed by atoms with E-state index < -0.39 is 6.43 Å². The highest BCUT2D eigenvalue weighted by molar-refractivity contribution is 5.76. The predicted octanol–water partition coefficient (Wildman–Crippen LogP) is 1.60. The van der Waals surface area contributed by atoms with Gasteiger partial charge in [-0.1, -0.05) is 0 Å². The van der Waals surface area contributed by atoms with Gasteiger partial charge in [0.15, 0.2) is 6.29 Å². The quantitative estimate of drug-likeness (QED) is 0.754. The fraction of sp³-hybridized carbons (Fsp3) is 0.333. The molecule has 5 heteroatoms. The summed E-state index contributed by atoms with van der Waals surface area (Å²) in [7, 11) is 0. The van der Waals surface area contributed by atoms with Crippen molar-refractivity contribution in [2.75, 3.05) is 0 Å². The number of aromatic nitrogens is 1. The maximum absolute atomic E-state index is 12.4. The van der Waals surface area contributed by atoms with Crippen molar-refractivity contribution in [1.82, 2.24) is 4.98 Å². The van der Waals surface area contributed by atoms with E-state index in [2.05, 4.69) is 4.98 Å². The Kier molecular flexibility index (Phi) is 3.24. The molecule has 0 aromatic carbocycles. The van der Waals surface area contributed by atoms with E-state index in [0.717, 1.165) is 0 Å². The zero-order valence-electron chi connectivity index (χ0n) is 7.63. The average molecular weight is 200 g/mol. The van der Waals surface area contributed by atoms with Crippen LogP contribution in [0.5, 0.6) is 0 Å².